The van der Waals surface area contributed by atoms with Crippen molar-refractivity contribution in [3.63, 3.8) is 0 Å². The van der Waals surface area contributed by atoms with E-state index in [1.165, 1.54) is 0 Å². The summed E-state index contributed by atoms with van der Waals surface area (Å²) in [5.41, 5.74) is 2.99. The number of benzene rings is 1. The molecule has 0 aliphatic carbocycles. The number of aromatic nitrogens is 1. The summed E-state index contributed by atoms with van der Waals surface area (Å²) >= 11 is 0. The minimum absolute atomic E-state index is 0.261. The number of fused-ring (bicyclic) bond motifs is 1. The van der Waals surface area contributed by atoms with Gasteiger partial charge in [-0.3, -0.25) is 0 Å². The van der Waals surface area contributed by atoms with Crippen LogP contribution < -0.4 is 0 Å². The first-order valence-corrected chi connectivity index (χ1v) is 10.1. The minimum atomic E-state index is -0.782. The first-order chi connectivity index (χ1) is 14.5. The zero-order chi connectivity index (χ0) is 21.9. The molecule has 4 heteroatoms. The number of aliphatic hydroxyl groups excluding tert-OH is 2. The Kier molecular flexibility index (Phi) is 9.13. The number of hydrogen-bond donors (Lipinski definition) is 2. The molecule has 30 heavy (non-hydrogen) atoms. The summed E-state index contributed by atoms with van der Waals surface area (Å²) in [6.07, 6.45) is 16.9. The number of para-hydroxylation sites is 1. The summed E-state index contributed by atoms with van der Waals surface area (Å²) in [7, 11) is 0. The van der Waals surface area contributed by atoms with Crippen molar-refractivity contribution in [1.29, 1.82) is 0 Å². The molecular formula is C26H31NO3. The van der Waals surface area contributed by atoms with Crippen molar-refractivity contribution in [2.24, 2.45) is 0 Å². The summed E-state index contributed by atoms with van der Waals surface area (Å²) in [6, 6.07) is 8.05. The molecule has 0 radical (unpaired) electrons. The van der Waals surface area contributed by atoms with Gasteiger partial charge in [0.2, 0.25) is 0 Å². The van der Waals surface area contributed by atoms with Crippen molar-refractivity contribution in [2.75, 3.05) is 6.61 Å². The SMILES string of the molecule is C=C/C=C(\C=C/C)O/C(C)=C/C=C(\C=C/C)n1cc(CC(O)CO)c2ccccc21. The molecule has 0 amide bonds. The predicted octanol–water partition coefficient (Wildman–Crippen LogP) is 5.52. The monoisotopic (exact) mass is 405 g/mol. The number of hydrogen-bond acceptors (Lipinski definition) is 3. The second-order valence-corrected chi connectivity index (χ2v) is 6.86. The Labute approximate surface area is 179 Å². The molecule has 0 saturated heterocycles. The average Bonchev–Trinajstić information content (AvgIpc) is 3.09. The fraction of sp³-hybridized carbons (Fsp3) is 0.231. The molecular weight excluding hydrogens is 374 g/mol. The summed E-state index contributed by atoms with van der Waals surface area (Å²) in [5.74, 6) is 1.46. The van der Waals surface area contributed by atoms with Crippen molar-refractivity contribution in [3.05, 3.63) is 103 Å². The van der Waals surface area contributed by atoms with E-state index in [-0.39, 0.29) is 6.61 Å². The predicted molar refractivity (Wildman–Crippen MR) is 126 cm³/mol. The maximum Gasteiger partial charge on any atom is 0.126 e. The normalized spacial score (nSPS) is 14.8. The Bertz CT molecular complexity index is 1000. The molecule has 1 aromatic heterocycles. The standard InChI is InChI=1S/C26H31NO3/c1-5-10-22(16-15-20(4)30-24(11-6-2)12-7-3)27-18-21(17-23(29)19-28)25-13-8-9-14-26(25)27/h5-16,18,23,28-29H,2,17,19H2,1,3-4H3/b10-5-,12-7-,20-15+,22-16+,24-11+. The van der Waals surface area contributed by atoms with Crippen molar-refractivity contribution in [2.45, 2.75) is 33.3 Å². The van der Waals surface area contributed by atoms with E-state index in [9.17, 15) is 10.2 Å². The topological polar surface area (TPSA) is 54.6 Å². The number of ether oxygens (including phenoxy) is 1. The van der Waals surface area contributed by atoms with Crippen LogP contribution in [-0.2, 0) is 11.2 Å². The van der Waals surface area contributed by atoms with Crippen molar-refractivity contribution < 1.29 is 14.9 Å². The highest BCUT2D eigenvalue weighted by Gasteiger charge is 2.13. The fourth-order valence-corrected chi connectivity index (χ4v) is 3.16. The van der Waals surface area contributed by atoms with E-state index < -0.39 is 6.10 Å². The van der Waals surface area contributed by atoms with Crippen LogP contribution in [0.25, 0.3) is 16.6 Å². The molecule has 0 aliphatic rings. The largest absolute Gasteiger partial charge is 0.462 e. The van der Waals surface area contributed by atoms with E-state index in [4.69, 9.17) is 4.74 Å². The molecule has 2 rings (SSSR count). The van der Waals surface area contributed by atoms with Gasteiger partial charge in [0, 0.05) is 23.7 Å². The van der Waals surface area contributed by atoms with Crippen LogP contribution in [0.4, 0.5) is 0 Å². The van der Waals surface area contributed by atoms with Crippen LogP contribution >= 0.6 is 0 Å². The Morgan fingerprint density at radius 1 is 1.13 bits per heavy atom. The highest BCUT2D eigenvalue weighted by Crippen LogP contribution is 2.26. The van der Waals surface area contributed by atoms with E-state index in [1.807, 2.05) is 93.8 Å². The third kappa shape index (κ3) is 6.21. The van der Waals surface area contributed by atoms with Gasteiger partial charge in [0.25, 0.3) is 0 Å². The van der Waals surface area contributed by atoms with Gasteiger partial charge >= 0.3 is 0 Å². The van der Waals surface area contributed by atoms with Gasteiger partial charge in [-0.15, -0.1) is 0 Å². The van der Waals surface area contributed by atoms with Crippen molar-refractivity contribution in [1.82, 2.24) is 4.57 Å². The third-order valence-electron chi connectivity index (χ3n) is 4.46. The Morgan fingerprint density at radius 2 is 1.87 bits per heavy atom. The van der Waals surface area contributed by atoms with Crippen LogP contribution in [0.2, 0.25) is 0 Å². The molecule has 2 N–H and O–H groups in total. The van der Waals surface area contributed by atoms with Crippen LogP contribution in [0.1, 0.15) is 26.3 Å². The molecule has 0 spiro atoms. The summed E-state index contributed by atoms with van der Waals surface area (Å²) in [5, 5.41) is 20.2. The Hall–Kier alpha value is -3.08. The van der Waals surface area contributed by atoms with Gasteiger partial charge in [0.05, 0.1) is 18.2 Å². The molecule has 0 saturated carbocycles. The molecule has 0 fully saturated rings. The Balaban J connectivity index is 2.46. The van der Waals surface area contributed by atoms with E-state index in [0.29, 0.717) is 12.2 Å². The lowest BCUT2D eigenvalue weighted by Gasteiger charge is -2.08. The van der Waals surface area contributed by atoms with E-state index >= 15 is 0 Å². The van der Waals surface area contributed by atoms with E-state index in [2.05, 4.69) is 11.1 Å². The first kappa shape index (κ1) is 23.2. The van der Waals surface area contributed by atoms with Gasteiger partial charge in [0.15, 0.2) is 0 Å². The van der Waals surface area contributed by atoms with Gasteiger partial charge in [-0.1, -0.05) is 43.0 Å². The summed E-state index contributed by atoms with van der Waals surface area (Å²) in [4.78, 5) is 0. The van der Waals surface area contributed by atoms with Gasteiger partial charge in [-0.2, -0.15) is 0 Å². The molecule has 1 aromatic carbocycles. The summed E-state index contributed by atoms with van der Waals surface area (Å²) < 4.78 is 7.97. The summed E-state index contributed by atoms with van der Waals surface area (Å²) in [6.45, 7) is 9.27. The molecule has 0 aliphatic heterocycles. The average molecular weight is 406 g/mol. The molecule has 1 atom stereocenters. The highest BCUT2D eigenvalue weighted by atomic mass is 16.5. The van der Waals surface area contributed by atoms with Crippen LogP contribution in [0, 0.1) is 0 Å². The van der Waals surface area contributed by atoms with E-state index in [0.717, 1.165) is 27.9 Å². The molecule has 2 aromatic rings. The number of rotatable bonds is 10. The molecule has 0 bridgehead atoms. The zero-order valence-electron chi connectivity index (χ0n) is 18.0. The van der Waals surface area contributed by atoms with Gasteiger partial charge in [-0.25, -0.2) is 0 Å². The first-order valence-electron chi connectivity index (χ1n) is 10.1. The molecule has 1 unspecified atom stereocenters. The maximum absolute atomic E-state index is 9.94. The quantitative estimate of drug-likeness (QED) is 0.404. The highest BCUT2D eigenvalue weighted by molar-refractivity contribution is 5.88. The van der Waals surface area contributed by atoms with Crippen LogP contribution in [0.15, 0.2) is 97.2 Å². The van der Waals surface area contributed by atoms with Crippen molar-refractivity contribution in [3.8, 4) is 0 Å². The lowest BCUT2D eigenvalue weighted by atomic mass is 10.1. The number of allylic oxidation sites excluding steroid dienone is 10. The molecule has 4 nitrogen and oxygen atoms in total. The third-order valence-corrected chi connectivity index (χ3v) is 4.46. The van der Waals surface area contributed by atoms with Crippen LogP contribution in [-0.4, -0.2) is 27.5 Å². The second kappa shape index (κ2) is 11.8. The maximum atomic E-state index is 9.94. The zero-order valence-corrected chi connectivity index (χ0v) is 18.0. The molecule has 158 valence electrons. The minimum Gasteiger partial charge on any atom is -0.462 e. The van der Waals surface area contributed by atoms with Crippen molar-refractivity contribution >= 4 is 16.6 Å². The molecule has 1 heterocycles. The number of nitrogens with zero attached hydrogens (tertiary/aromatic N) is 1. The number of aliphatic hydroxyl groups is 2. The Morgan fingerprint density at radius 3 is 2.53 bits per heavy atom. The van der Waals surface area contributed by atoms with Gasteiger partial charge < -0.3 is 19.5 Å². The second-order valence-electron chi connectivity index (χ2n) is 6.86. The lowest BCUT2D eigenvalue weighted by molar-refractivity contribution is 0.0957. The van der Waals surface area contributed by atoms with Gasteiger partial charge in [-0.05, 0) is 62.8 Å². The van der Waals surface area contributed by atoms with Crippen LogP contribution in [0.5, 0.6) is 0 Å². The smallest absolute Gasteiger partial charge is 0.126 e. The fourth-order valence-electron chi connectivity index (χ4n) is 3.16. The van der Waals surface area contributed by atoms with Gasteiger partial charge in [0.1, 0.15) is 11.5 Å². The lowest BCUT2D eigenvalue weighted by Crippen LogP contribution is -2.14. The van der Waals surface area contributed by atoms with E-state index in [1.54, 1.807) is 6.08 Å². The van der Waals surface area contributed by atoms with Crippen LogP contribution in [0.3, 0.4) is 0 Å².